The second kappa shape index (κ2) is 9.45. The number of rotatable bonds is 6. The Balaban J connectivity index is 1.46. The molecule has 3 aromatic carbocycles. The molecule has 0 radical (unpaired) electrons. The molecule has 1 aliphatic carbocycles. The number of hydrogen-bond acceptors (Lipinski definition) is 3. The van der Waals surface area contributed by atoms with Crippen LogP contribution in [0.3, 0.4) is 0 Å². The average Bonchev–Trinajstić information content (AvgIpc) is 2.87. The third kappa shape index (κ3) is 4.47. The summed E-state index contributed by atoms with van der Waals surface area (Å²) < 4.78 is 7.21. The van der Waals surface area contributed by atoms with Crippen LogP contribution in [0.1, 0.15) is 40.3 Å². The summed E-state index contributed by atoms with van der Waals surface area (Å²) in [6, 6.07) is 30.6. The van der Waals surface area contributed by atoms with Crippen molar-refractivity contribution in [1.29, 1.82) is 0 Å². The van der Waals surface area contributed by atoms with Crippen LogP contribution < -0.4 is 10.3 Å². The van der Waals surface area contributed by atoms with E-state index in [1.807, 2.05) is 24.3 Å². The summed E-state index contributed by atoms with van der Waals surface area (Å²) >= 11 is 0. The zero-order valence-electron chi connectivity index (χ0n) is 18.9. The van der Waals surface area contributed by atoms with E-state index in [0.29, 0.717) is 12.5 Å². The van der Waals surface area contributed by atoms with Gasteiger partial charge in [-0.15, -0.1) is 0 Å². The van der Waals surface area contributed by atoms with Gasteiger partial charge in [0.25, 0.3) is 5.56 Å². The van der Waals surface area contributed by atoms with Crippen LogP contribution in [-0.4, -0.2) is 16.9 Å². The standard InChI is InChI=1S/C29H28N2O2/c1-33-27-14-8-13-24-19-21(15-16-25(24)27)20-31-28(32)18-17-26(30-31)29(22-9-4-2-5-10-22)23-11-6-3-7-12-23/h2-14,17-18,21,29H,15-16,19-20H2,1H3/t21-/m0/s1. The molecule has 0 fully saturated rings. The maximum Gasteiger partial charge on any atom is 0.266 e. The Morgan fingerprint density at radius 3 is 2.27 bits per heavy atom. The predicted octanol–water partition coefficient (Wildman–Crippen LogP) is 5.24. The number of nitrogens with zero attached hydrogens (tertiary/aromatic N) is 2. The minimum Gasteiger partial charge on any atom is -0.496 e. The van der Waals surface area contributed by atoms with E-state index < -0.39 is 0 Å². The molecule has 4 nitrogen and oxygen atoms in total. The molecule has 0 spiro atoms. The molecule has 4 heteroatoms. The zero-order chi connectivity index (χ0) is 22.6. The van der Waals surface area contributed by atoms with Gasteiger partial charge in [-0.3, -0.25) is 4.79 Å². The molecule has 1 heterocycles. The van der Waals surface area contributed by atoms with Gasteiger partial charge in [0.2, 0.25) is 0 Å². The molecule has 5 rings (SSSR count). The van der Waals surface area contributed by atoms with Crippen molar-refractivity contribution in [3.8, 4) is 5.75 Å². The smallest absolute Gasteiger partial charge is 0.266 e. The third-order valence-electron chi connectivity index (χ3n) is 6.64. The van der Waals surface area contributed by atoms with Crippen LogP contribution in [0, 0.1) is 5.92 Å². The van der Waals surface area contributed by atoms with Crippen LogP contribution in [0.4, 0.5) is 0 Å². The lowest BCUT2D eigenvalue weighted by Gasteiger charge is -2.26. The molecule has 0 bridgehead atoms. The molecule has 0 N–H and O–H groups in total. The number of benzene rings is 3. The first-order valence-corrected chi connectivity index (χ1v) is 11.6. The van der Waals surface area contributed by atoms with Crippen LogP contribution in [0.5, 0.6) is 5.75 Å². The van der Waals surface area contributed by atoms with Gasteiger partial charge < -0.3 is 4.74 Å². The van der Waals surface area contributed by atoms with Crippen LogP contribution >= 0.6 is 0 Å². The van der Waals surface area contributed by atoms with E-state index >= 15 is 0 Å². The fourth-order valence-corrected chi connectivity index (χ4v) is 5.01. The second-order valence-corrected chi connectivity index (χ2v) is 8.74. The van der Waals surface area contributed by atoms with E-state index in [0.717, 1.165) is 30.7 Å². The van der Waals surface area contributed by atoms with Gasteiger partial charge in [0.15, 0.2) is 0 Å². The van der Waals surface area contributed by atoms with E-state index in [4.69, 9.17) is 9.84 Å². The highest BCUT2D eigenvalue weighted by Crippen LogP contribution is 2.33. The minimum atomic E-state index is -0.0462. The quantitative estimate of drug-likeness (QED) is 0.415. The molecule has 0 saturated carbocycles. The minimum absolute atomic E-state index is 0.0180. The lowest BCUT2D eigenvalue weighted by Crippen LogP contribution is -2.30. The highest BCUT2D eigenvalue weighted by molar-refractivity contribution is 5.42. The summed E-state index contributed by atoms with van der Waals surface area (Å²) in [5.41, 5.74) is 5.81. The zero-order valence-corrected chi connectivity index (χ0v) is 18.9. The van der Waals surface area contributed by atoms with E-state index in [-0.39, 0.29) is 11.5 Å². The Bertz CT molecular complexity index is 1240. The monoisotopic (exact) mass is 436 g/mol. The lowest BCUT2D eigenvalue weighted by atomic mass is 9.83. The van der Waals surface area contributed by atoms with E-state index in [1.54, 1.807) is 17.9 Å². The molecule has 0 unspecified atom stereocenters. The molecule has 33 heavy (non-hydrogen) atoms. The number of hydrogen-bond donors (Lipinski definition) is 0. The third-order valence-corrected chi connectivity index (χ3v) is 6.64. The number of methoxy groups -OCH3 is 1. The Labute approximate surface area is 194 Å². The maximum absolute atomic E-state index is 12.8. The van der Waals surface area contributed by atoms with Crippen molar-refractivity contribution in [2.24, 2.45) is 5.92 Å². The average molecular weight is 437 g/mol. The van der Waals surface area contributed by atoms with Gasteiger partial charge in [-0.2, -0.15) is 5.10 Å². The van der Waals surface area contributed by atoms with Crippen molar-refractivity contribution < 1.29 is 4.74 Å². The predicted molar refractivity (Wildman–Crippen MR) is 131 cm³/mol. The summed E-state index contributed by atoms with van der Waals surface area (Å²) in [5, 5.41) is 4.89. The molecule has 166 valence electrons. The topological polar surface area (TPSA) is 44.1 Å². The van der Waals surface area contributed by atoms with Gasteiger partial charge in [0.05, 0.1) is 18.7 Å². The van der Waals surface area contributed by atoms with E-state index in [9.17, 15) is 4.79 Å². The summed E-state index contributed by atoms with van der Waals surface area (Å²) in [6.45, 7) is 0.625. The van der Waals surface area contributed by atoms with Gasteiger partial charge in [0, 0.05) is 12.6 Å². The molecular weight excluding hydrogens is 408 g/mol. The Hall–Kier alpha value is -3.66. The molecule has 1 aromatic heterocycles. The van der Waals surface area contributed by atoms with Crippen molar-refractivity contribution in [3.63, 3.8) is 0 Å². The summed E-state index contributed by atoms with van der Waals surface area (Å²) in [4.78, 5) is 12.8. The van der Waals surface area contributed by atoms with Gasteiger partial charge in [0.1, 0.15) is 5.75 Å². The fraction of sp³-hybridized carbons (Fsp3) is 0.241. The molecule has 0 amide bonds. The summed E-state index contributed by atoms with van der Waals surface area (Å²) in [6.07, 6.45) is 2.92. The van der Waals surface area contributed by atoms with Crippen molar-refractivity contribution >= 4 is 0 Å². The Morgan fingerprint density at radius 2 is 1.61 bits per heavy atom. The van der Waals surface area contributed by atoms with Crippen molar-refractivity contribution in [3.05, 3.63) is 129 Å². The first-order valence-electron chi connectivity index (χ1n) is 11.6. The number of fused-ring (bicyclic) bond motifs is 1. The van der Waals surface area contributed by atoms with Crippen molar-refractivity contribution in [1.82, 2.24) is 9.78 Å². The molecule has 1 aliphatic rings. The lowest BCUT2D eigenvalue weighted by molar-refractivity contribution is 0.353. The summed E-state index contributed by atoms with van der Waals surface area (Å²) in [5.74, 6) is 1.32. The highest BCUT2D eigenvalue weighted by Gasteiger charge is 2.23. The largest absolute Gasteiger partial charge is 0.496 e. The van der Waals surface area contributed by atoms with Gasteiger partial charge >= 0.3 is 0 Å². The highest BCUT2D eigenvalue weighted by atomic mass is 16.5. The van der Waals surface area contributed by atoms with Crippen LogP contribution in [-0.2, 0) is 19.4 Å². The van der Waals surface area contributed by atoms with E-state index in [2.05, 4.69) is 60.7 Å². The molecule has 4 aromatic rings. The van der Waals surface area contributed by atoms with Gasteiger partial charge in [-0.1, -0.05) is 72.8 Å². The molecule has 1 atom stereocenters. The summed E-state index contributed by atoms with van der Waals surface area (Å²) in [7, 11) is 1.73. The van der Waals surface area contributed by atoms with Crippen LogP contribution in [0.2, 0.25) is 0 Å². The van der Waals surface area contributed by atoms with Gasteiger partial charge in [-0.05, 0) is 59.6 Å². The number of aromatic nitrogens is 2. The first kappa shape index (κ1) is 21.2. The fourth-order valence-electron chi connectivity index (χ4n) is 5.01. The Kier molecular flexibility index (Phi) is 6.07. The van der Waals surface area contributed by atoms with Crippen LogP contribution in [0.15, 0.2) is 95.8 Å². The van der Waals surface area contributed by atoms with Gasteiger partial charge in [-0.25, -0.2) is 4.68 Å². The first-order chi connectivity index (χ1) is 16.2. The normalized spacial score (nSPS) is 15.3. The molecule has 0 aliphatic heterocycles. The SMILES string of the molecule is COc1cccc2c1CC[C@H](Cn1nc(C(c3ccccc3)c3ccccc3)ccc1=O)C2. The van der Waals surface area contributed by atoms with Crippen LogP contribution in [0.25, 0.3) is 0 Å². The van der Waals surface area contributed by atoms with E-state index in [1.165, 1.54) is 22.3 Å². The second-order valence-electron chi connectivity index (χ2n) is 8.74. The molecule has 0 saturated heterocycles. The number of ether oxygens (including phenoxy) is 1. The molecular formula is C29H28N2O2. The van der Waals surface area contributed by atoms with Crippen molar-refractivity contribution in [2.45, 2.75) is 31.7 Å². The van der Waals surface area contributed by atoms with Crippen molar-refractivity contribution in [2.75, 3.05) is 7.11 Å². The maximum atomic E-state index is 12.8. The Morgan fingerprint density at radius 1 is 0.909 bits per heavy atom.